The monoisotopic (exact) mass is 388 g/mol. The van der Waals surface area contributed by atoms with E-state index in [1.165, 1.54) is 11.1 Å². The van der Waals surface area contributed by atoms with Crippen LogP contribution in [-0.4, -0.2) is 51.9 Å². The smallest absolute Gasteiger partial charge is 0.255 e. The van der Waals surface area contributed by atoms with Crippen LogP contribution >= 0.6 is 0 Å². The third-order valence-electron chi connectivity index (χ3n) is 4.91. The summed E-state index contributed by atoms with van der Waals surface area (Å²) in [6.45, 7) is 6.85. The Balaban J connectivity index is 1.37. The van der Waals surface area contributed by atoms with Gasteiger partial charge in [-0.15, -0.1) is 0 Å². The fourth-order valence-corrected chi connectivity index (χ4v) is 3.54. The van der Waals surface area contributed by atoms with Crippen LogP contribution in [0.5, 0.6) is 0 Å². The summed E-state index contributed by atoms with van der Waals surface area (Å²) >= 11 is 0. The summed E-state index contributed by atoms with van der Waals surface area (Å²) in [5, 5.41) is 3.30. The highest BCUT2D eigenvalue weighted by atomic mass is 16.2. The summed E-state index contributed by atoms with van der Waals surface area (Å²) in [4.78, 5) is 29.8. The zero-order valence-electron chi connectivity index (χ0n) is 16.7. The minimum Gasteiger partial charge on any atom is -0.340 e. The topological polar surface area (TPSA) is 74.2 Å². The summed E-state index contributed by atoms with van der Waals surface area (Å²) in [6.07, 6.45) is 5.11. The molecule has 1 aromatic carbocycles. The molecule has 0 aliphatic carbocycles. The van der Waals surface area contributed by atoms with Gasteiger partial charge in [0.2, 0.25) is 5.95 Å². The maximum Gasteiger partial charge on any atom is 0.255 e. The van der Waals surface area contributed by atoms with Crippen molar-refractivity contribution in [2.45, 2.75) is 13.8 Å². The lowest BCUT2D eigenvalue weighted by Gasteiger charge is -2.34. The third kappa shape index (κ3) is 4.51. The number of nitrogens with one attached hydrogen (secondary N) is 1. The Bertz CT molecular complexity index is 962. The molecular formula is C22H24N6O. The molecule has 7 heteroatoms. The first-order chi connectivity index (χ1) is 14.1. The Morgan fingerprint density at radius 3 is 2.24 bits per heavy atom. The van der Waals surface area contributed by atoms with E-state index in [9.17, 15) is 4.79 Å². The second-order valence-electron chi connectivity index (χ2n) is 7.26. The normalized spacial score (nSPS) is 14.0. The average Bonchev–Trinajstić information content (AvgIpc) is 2.74. The lowest BCUT2D eigenvalue weighted by atomic mass is 10.1. The van der Waals surface area contributed by atoms with E-state index in [1.807, 2.05) is 17.0 Å². The number of benzene rings is 1. The number of carbonyl (C=O) groups is 1. The SMILES string of the molecule is Cc1cc(C)cc(Nc2ccc(C(=O)N3CCN(c4ncccn4)CC3)cn2)c1. The number of hydrogen-bond acceptors (Lipinski definition) is 6. The number of hydrogen-bond donors (Lipinski definition) is 1. The molecule has 0 spiro atoms. The summed E-state index contributed by atoms with van der Waals surface area (Å²) in [5.41, 5.74) is 3.98. The first kappa shape index (κ1) is 18.9. The average molecular weight is 388 g/mol. The standard InChI is InChI=1S/C22H24N6O/c1-16-12-17(2)14-19(13-16)26-20-5-4-18(15-25-20)21(29)27-8-10-28(11-9-27)22-23-6-3-7-24-22/h3-7,12-15H,8-11H2,1-2H3,(H,25,26). The molecule has 148 valence electrons. The molecular weight excluding hydrogens is 364 g/mol. The molecule has 1 fully saturated rings. The molecule has 7 nitrogen and oxygen atoms in total. The Kier molecular flexibility index (Phi) is 5.37. The van der Waals surface area contributed by atoms with Crippen molar-refractivity contribution in [3.05, 3.63) is 71.7 Å². The van der Waals surface area contributed by atoms with Gasteiger partial charge in [0.15, 0.2) is 0 Å². The van der Waals surface area contributed by atoms with Crippen LogP contribution in [0.2, 0.25) is 0 Å². The van der Waals surface area contributed by atoms with Gasteiger partial charge in [0.1, 0.15) is 5.82 Å². The van der Waals surface area contributed by atoms with Crippen LogP contribution < -0.4 is 10.2 Å². The highest BCUT2D eigenvalue weighted by Gasteiger charge is 2.23. The van der Waals surface area contributed by atoms with E-state index in [-0.39, 0.29) is 5.91 Å². The van der Waals surface area contributed by atoms with Crippen LogP contribution in [0, 0.1) is 13.8 Å². The molecule has 1 amide bonds. The van der Waals surface area contributed by atoms with E-state index in [1.54, 1.807) is 24.7 Å². The zero-order chi connectivity index (χ0) is 20.2. The van der Waals surface area contributed by atoms with Crippen molar-refractivity contribution in [2.24, 2.45) is 0 Å². The minimum absolute atomic E-state index is 0.00378. The van der Waals surface area contributed by atoms with Gasteiger partial charge in [0, 0.05) is 50.5 Å². The van der Waals surface area contributed by atoms with Gasteiger partial charge in [-0.3, -0.25) is 4.79 Å². The van der Waals surface area contributed by atoms with Crippen LogP contribution in [0.3, 0.4) is 0 Å². The summed E-state index contributed by atoms with van der Waals surface area (Å²) in [7, 11) is 0. The fraction of sp³-hybridized carbons (Fsp3) is 0.273. The van der Waals surface area contributed by atoms with Crippen molar-refractivity contribution < 1.29 is 4.79 Å². The van der Waals surface area contributed by atoms with Crippen LogP contribution in [0.15, 0.2) is 55.0 Å². The largest absolute Gasteiger partial charge is 0.340 e. The molecule has 1 aliphatic rings. The Morgan fingerprint density at radius 1 is 0.931 bits per heavy atom. The second kappa shape index (κ2) is 8.26. The van der Waals surface area contributed by atoms with E-state index in [2.05, 4.69) is 57.2 Å². The first-order valence-corrected chi connectivity index (χ1v) is 9.71. The van der Waals surface area contributed by atoms with Gasteiger partial charge in [0.25, 0.3) is 5.91 Å². The predicted octanol–water partition coefficient (Wildman–Crippen LogP) is 3.19. The molecule has 0 saturated carbocycles. The fourth-order valence-electron chi connectivity index (χ4n) is 3.54. The highest BCUT2D eigenvalue weighted by Crippen LogP contribution is 2.19. The van der Waals surface area contributed by atoms with Crippen LogP contribution in [0.1, 0.15) is 21.5 Å². The third-order valence-corrected chi connectivity index (χ3v) is 4.91. The van der Waals surface area contributed by atoms with Gasteiger partial charge >= 0.3 is 0 Å². The van der Waals surface area contributed by atoms with Crippen molar-refractivity contribution in [2.75, 3.05) is 36.4 Å². The number of anilines is 3. The van der Waals surface area contributed by atoms with Gasteiger partial charge in [-0.05, 0) is 55.3 Å². The molecule has 1 saturated heterocycles. The molecule has 0 bridgehead atoms. The summed E-state index contributed by atoms with van der Waals surface area (Å²) < 4.78 is 0. The first-order valence-electron chi connectivity index (χ1n) is 9.71. The van der Waals surface area contributed by atoms with E-state index in [0.717, 1.165) is 24.6 Å². The molecule has 1 aliphatic heterocycles. The maximum atomic E-state index is 12.8. The summed E-state index contributed by atoms with van der Waals surface area (Å²) in [5.74, 6) is 1.43. The van der Waals surface area contributed by atoms with Gasteiger partial charge in [-0.1, -0.05) is 6.07 Å². The van der Waals surface area contributed by atoms with E-state index >= 15 is 0 Å². The number of aryl methyl sites for hydroxylation is 2. The molecule has 2 aromatic heterocycles. The Morgan fingerprint density at radius 2 is 1.62 bits per heavy atom. The number of pyridine rings is 1. The lowest BCUT2D eigenvalue weighted by molar-refractivity contribution is 0.0746. The van der Waals surface area contributed by atoms with Crippen LogP contribution in [0.4, 0.5) is 17.5 Å². The predicted molar refractivity (Wildman–Crippen MR) is 114 cm³/mol. The van der Waals surface area contributed by atoms with Gasteiger partial charge < -0.3 is 15.1 Å². The van der Waals surface area contributed by atoms with Gasteiger partial charge in [0.05, 0.1) is 5.56 Å². The number of piperazine rings is 1. The highest BCUT2D eigenvalue weighted by molar-refractivity contribution is 5.94. The van der Waals surface area contributed by atoms with Gasteiger partial charge in [-0.25, -0.2) is 15.0 Å². The van der Waals surface area contributed by atoms with E-state index in [4.69, 9.17) is 0 Å². The van der Waals surface area contributed by atoms with Gasteiger partial charge in [-0.2, -0.15) is 0 Å². The lowest BCUT2D eigenvalue weighted by Crippen LogP contribution is -2.49. The molecule has 29 heavy (non-hydrogen) atoms. The maximum absolute atomic E-state index is 12.8. The molecule has 0 unspecified atom stereocenters. The van der Waals surface area contributed by atoms with Crippen LogP contribution in [-0.2, 0) is 0 Å². The molecule has 3 heterocycles. The number of nitrogens with zero attached hydrogens (tertiary/aromatic N) is 5. The molecule has 4 rings (SSSR count). The van der Waals surface area contributed by atoms with E-state index in [0.29, 0.717) is 24.6 Å². The Hall–Kier alpha value is -3.48. The zero-order valence-corrected chi connectivity index (χ0v) is 16.7. The van der Waals surface area contributed by atoms with Crippen molar-refractivity contribution in [3.63, 3.8) is 0 Å². The van der Waals surface area contributed by atoms with Crippen molar-refractivity contribution in [1.29, 1.82) is 0 Å². The quantitative estimate of drug-likeness (QED) is 0.740. The van der Waals surface area contributed by atoms with Crippen molar-refractivity contribution in [3.8, 4) is 0 Å². The Labute approximate surface area is 170 Å². The number of aromatic nitrogens is 3. The number of amides is 1. The van der Waals surface area contributed by atoms with Crippen molar-refractivity contribution >= 4 is 23.4 Å². The van der Waals surface area contributed by atoms with Crippen LogP contribution in [0.25, 0.3) is 0 Å². The number of carbonyl (C=O) groups excluding carboxylic acids is 1. The van der Waals surface area contributed by atoms with E-state index < -0.39 is 0 Å². The molecule has 1 N–H and O–H groups in total. The molecule has 3 aromatic rings. The molecule has 0 atom stereocenters. The van der Waals surface area contributed by atoms with Crippen molar-refractivity contribution in [1.82, 2.24) is 19.9 Å². The summed E-state index contributed by atoms with van der Waals surface area (Å²) in [6, 6.07) is 11.7. The number of rotatable bonds is 4. The second-order valence-corrected chi connectivity index (χ2v) is 7.26. The molecule has 0 radical (unpaired) electrons. The minimum atomic E-state index is 0.00378.